The van der Waals surface area contributed by atoms with Gasteiger partial charge in [-0.3, -0.25) is 0 Å². The van der Waals surface area contributed by atoms with Crippen LogP contribution in [-0.2, 0) is 5.41 Å². The van der Waals surface area contributed by atoms with E-state index >= 15 is 0 Å². The number of para-hydroxylation sites is 3. The van der Waals surface area contributed by atoms with Gasteiger partial charge in [0.05, 0.1) is 34.5 Å². The molecule has 2 aromatic heterocycles. The second kappa shape index (κ2) is 10.7. The Hall–Kier alpha value is -6.30. The van der Waals surface area contributed by atoms with Crippen molar-refractivity contribution in [3.05, 3.63) is 150 Å². The highest BCUT2D eigenvalue weighted by atomic mass is 16.3. The van der Waals surface area contributed by atoms with E-state index in [1.807, 2.05) is 48.5 Å². The van der Waals surface area contributed by atoms with Gasteiger partial charge in [-0.25, -0.2) is 4.85 Å². The van der Waals surface area contributed by atoms with Crippen LogP contribution in [0.1, 0.15) is 31.9 Å². The molecule has 0 radical (unpaired) electrons. The average Bonchev–Trinajstić information content (AvgIpc) is 3.63. The van der Waals surface area contributed by atoms with Crippen LogP contribution in [0.4, 0.5) is 22.7 Å². The standard InChI is InChI=1S/C42H30N4O/c1-42(2,3)28-18-20-29(21-19-28)45(30-22-23-34-33-13-7-10-16-38(33)47-39(34)25-30)41-35(44-4)24-17-27(26-43)40(41)46-36-14-8-5-11-31(36)32-12-6-9-15-37(32)46/h5-25H,1-3H3. The Morgan fingerprint density at radius 2 is 1.28 bits per heavy atom. The van der Waals surface area contributed by atoms with Crippen LogP contribution in [0.15, 0.2) is 132 Å². The van der Waals surface area contributed by atoms with Crippen molar-refractivity contribution < 1.29 is 4.42 Å². The molecule has 0 saturated heterocycles. The molecule has 2 heterocycles. The van der Waals surface area contributed by atoms with E-state index in [4.69, 9.17) is 11.0 Å². The van der Waals surface area contributed by atoms with Crippen molar-refractivity contribution in [3.63, 3.8) is 0 Å². The van der Waals surface area contributed by atoms with E-state index in [1.165, 1.54) is 5.56 Å². The zero-order chi connectivity index (χ0) is 32.3. The number of nitriles is 1. The molecule has 0 fully saturated rings. The number of fused-ring (bicyclic) bond motifs is 6. The highest BCUT2D eigenvalue weighted by Crippen LogP contribution is 2.48. The number of anilines is 3. The van der Waals surface area contributed by atoms with Crippen molar-refractivity contribution in [1.29, 1.82) is 5.26 Å². The number of rotatable bonds is 4. The molecule has 0 unspecified atom stereocenters. The zero-order valence-corrected chi connectivity index (χ0v) is 26.3. The topological polar surface area (TPSA) is 49.5 Å². The Bertz CT molecular complexity index is 2530. The molecule has 8 aromatic rings. The summed E-state index contributed by atoms with van der Waals surface area (Å²) in [4.78, 5) is 6.17. The fourth-order valence-corrected chi connectivity index (χ4v) is 6.73. The van der Waals surface area contributed by atoms with Crippen LogP contribution in [-0.4, -0.2) is 4.57 Å². The number of benzene rings is 6. The summed E-state index contributed by atoms with van der Waals surface area (Å²) in [6, 6.07) is 45.2. The lowest BCUT2D eigenvalue weighted by molar-refractivity contribution is 0.590. The first-order valence-electron chi connectivity index (χ1n) is 15.6. The Kier molecular flexibility index (Phi) is 6.39. The van der Waals surface area contributed by atoms with Gasteiger partial charge in [0, 0.05) is 39.0 Å². The molecule has 0 amide bonds. The predicted molar refractivity (Wildman–Crippen MR) is 192 cm³/mol. The van der Waals surface area contributed by atoms with Gasteiger partial charge >= 0.3 is 0 Å². The quantitative estimate of drug-likeness (QED) is 0.187. The lowest BCUT2D eigenvalue weighted by Crippen LogP contribution is -2.15. The summed E-state index contributed by atoms with van der Waals surface area (Å²) < 4.78 is 8.50. The van der Waals surface area contributed by atoms with E-state index < -0.39 is 0 Å². The highest BCUT2D eigenvalue weighted by Gasteiger charge is 2.27. The second-order valence-corrected chi connectivity index (χ2v) is 12.8. The van der Waals surface area contributed by atoms with Crippen LogP contribution in [0.25, 0.3) is 54.3 Å². The summed E-state index contributed by atoms with van der Waals surface area (Å²) in [5.41, 5.74) is 8.55. The molecule has 0 aliphatic rings. The molecule has 47 heavy (non-hydrogen) atoms. The fourth-order valence-electron chi connectivity index (χ4n) is 6.73. The fraction of sp³-hybridized carbons (Fsp3) is 0.0952. The molecule has 6 aromatic carbocycles. The first-order valence-corrected chi connectivity index (χ1v) is 15.6. The number of nitrogens with zero attached hydrogens (tertiary/aromatic N) is 4. The summed E-state index contributed by atoms with van der Waals surface area (Å²) >= 11 is 0. The van der Waals surface area contributed by atoms with Crippen molar-refractivity contribution in [2.24, 2.45) is 0 Å². The minimum atomic E-state index is -0.0346. The molecule has 0 bridgehead atoms. The Labute approximate surface area is 272 Å². The van der Waals surface area contributed by atoms with E-state index in [0.29, 0.717) is 22.6 Å². The van der Waals surface area contributed by atoms with Crippen LogP contribution in [0.2, 0.25) is 0 Å². The number of hydrogen-bond donors (Lipinski definition) is 0. The molecule has 0 aliphatic carbocycles. The molecule has 8 rings (SSSR count). The molecule has 0 spiro atoms. The lowest BCUT2D eigenvalue weighted by Gasteiger charge is -2.30. The lowest BCUT2D eigenvalue weighted by atomic mass is 9.87. The van der Waals surface area contributed by atoms with Gasteiger partial charge in [-0.2, -0.15) is 5.26 Å². The van der Waals surface area contributed by atoms with E-state index in [9.17, 15) is 5.26 Å². The summed E-state index contributed by atoms with van der Waals surface area (Å²) in [5.74, 6) is 0. The monoisotopic (exact) mass is 606 g/mol. The summed E-state index contributed by atoms with van der Waals surface area (Å²) in [5, 5.41) is 14.9. The Morgan fingerprint density at radius 3 is 1.91 bits per heavy atom. The van der Waals surface area contributed by atoms with Gasteiger partial charge in [-0.1, -0.05) is 99.6 Å². The van der Waals surface area contributed by atoms with Crippen molar-refractivity contribution >= 4 is 66.5 Å². The van der Waals surface area contributed by atoms with Gasteiger partial charge < -0.3 is 13.9 Å². The first kappa shape index (κ1) is 28.2. The van der Waals surface area contributed by atoms with E-state index in [-0.39, 0.29) is 5.41 Å². The van der Waals surface area contributed by atoms with Crippen LogP contribution in [0.3, 0.4) is 0 Å². The molecule has 0 N–H and O–H groups in total. The minimum absolute atomic E-state index is 0.0346. The molecule has 0 atom stereocenters. The van der Waals surface area contributed by atoms with Crippen LogP contribution >= 0.6 is 0 Å². The maximum atomic E-state index is 10.6. The van der Waals surface area contributed by atoms with Gasteiger partial charge in [0.2, 0.25) is 5.69 Å². The normalized spacial score (nSPS) is 11.7. The van der Waals surface area contributed by atoms with E-state index in [1.54, 1.807) is 12.1 Å². The summed E-state index contributed by atoms with van der Waals surface area (Å²) in [7, 11) is 0. The smallest absolute Gasteiger partial charge is 0.212 e. The number of aromatic nitrogens is 1. The minimum Gasteiger partial charge on any atom is -0.456 e. The van der Waals surface area contributed by atoms with Gasteiger partial charge in [0.15, 0.2) is 0 Å². The molecule has 0 aliphatic heterocycles. The Morgan fingerprint density at radius 1 is 0.681 bits per heavy atom. The predicted octanol–water partition coefficient (Wildman–Crippen LogP) is 11.9. The molecule has 5 nitrogen and oxygen atoms in total. The third-order valence-corrected chi connectivity index (χ3v) is 9.01. The molecular formula is C42H30N4O. The SMILES string of the molecule is [C-]#[N+]c1ccc(C#N)c(-n2c3ccccc3c3ccccc32)c1N(c1ccc(C(C)(C)C)cc1)c1ccc2c(c1)oc1ccccc12. The van der Waals surface area contributed by atoms with E-state index in [2.05, 4.69) is 108 Å². The molecule has 0 saturated carbocycles. The van der Waals surface area contributed by atoms with Crippen LogP contribution in [0, 0.1) is 17.9 Å². The number of hydrogen-bond acceptors (Lipinski definition) is 3. The zero-order valence-electron chi connectivity index (χ0n) is 26.3. The van der Waals surface area contributed by atoms with Gasteiger partial charge in [-0.15, -0.1) is 0 Å². The molecule has 224 valence electrons. The summed E-state index contributed by atoms with van der Waals surface area (Å²) in [6.45, 7) is 15.0. The summed E-state index contributed by atoms with van der Waals surface area (Å²) in [6.07, 6.45) is 0. The Balaban J connectivity index is 1.49. The third-order valence-electron chi connectivity index (χ3n) is 9.01. The van der Waals surface area contributed by atoms with Crippen LogP contribution in [0.5, 0.6) is 0 Å². The number of furan rings is 1. The maximum Gasteiger partial charge on any atom is 0.212 e. The molecular weight excluding hydrogens is 576 g/mol. The largest absolute Gasteiger partial charge is 0.456 e. The highest BCUT2D eigenvalue weighted by molar-refractivity contribution is 6.11. The second-order valence-electron chi connectivity index (χ2n) is 12.8. The van der Waals surface area contributed by atoms with Crippen molar-refractivity contribution in [2.45, 2.75) is 26.2 Å². The average molecular weight is 607 g/mol. The van der Waals surface area contributed by atoms with Crippen molar-refractivity contribution in [1.82, 2.24) is 4.57 Å². The van der Waals surface area contributed by atoms with Gasteiger partial charge in [0.1, 0.15) is 17.2 Å². The third kappa shape index (κ3) is 4.44. The van der Waals surface area contributed by atoms with Gasteiger partial charge in [-0.05, 0) is 53.4 Å². The van der Waals surface area contributed by atoms with Crippen molar-refractivity contribution in [2.75, 3.05) is 4.90 Å². The maximum absolute atomic E-state index is 10.6. The van der Waals surface area contributed by atoms with Crippen molar-refractivity contribution in [3.8, 4) is 11.8 Å². The van der Waals surface area contributed by atoms with Gasteiger partial charge in [0.25, 0.3) is 0 Å². The first-order chi connectivity index (χ1) is 22.9. The van der Waals surface area contributed by atoms with E-state index in [0.717, 1.165) is 55.1 Å². The van der Waals surface area contributed by atoms with Crippen LogP contribution < -0.4 is 4.90 Å². The molecule has 5 heteroatoms.